The highest BCUT2D eigenvalue weighted by molar-refractivity contribution is 8.03. The number of methoxy groups -OCH3 is 3. The molecule has 11 nitrogen and oxygen atoms in total. The van der Waals surface area contributed by atoms with E-state index in [1.54, 1.807) is 26.8 Å². The summed E-state index contributed by atoms with van der Waals surface area (Å²) in [7, 11) is 4.69. The first-order chi connectivity index (χ1) is 21.4. The van der Waals surface area contributed by atoms with Gasteiger partial charge in [0.25, 0.3) is 5.91 Å². The molecule has 3 aromatic carbocycles. The number of hydrogen-bond donors (Lipinski definition) is 4. The summed E-state index contributed by atoms with van der Waals surface area (Å²) in [6, 6.07) is 20.5. The predicted molar refractivity (Wildman–Crippen MR) is 173 cm³/mol. The number of hydrogen-bond acceptors (Lipinski definition) is 12. The zero-order valence-corrected chi connectivity index (χ0v) is 25.5. The van der Waals surface area contributed by atoms with Crippen LogP contribution in [0.15, 0.2) is 88.5 Å². The van der Waals surface area contributed by atoms with Crippen LogP contribution < -0.4 is 35.9 Å². The molecule has 0 saturated carbocycles. The predicted octanol–water partition coefficient (Wildman–Crippen LogP) is 6.22. The van der Waals surface area contributed by atoms with E-state index in [-0.39, 0.29) is 11.6 Å². The summed E-state index contributed by atoms with van der Waals surface area (Å²) >= 11 is 2.92. The molecule has 1 atom stereocenters. The van der Waals surface area contributed by atoms with Crippen LogP contribution in [0.25, 0.3) is 17.0 Å². The van der Waals surface area contributed by atoms with E-state index in [0.717, 1.165) is 21.7 Å². The number of anilines is 3. The summed E-state index contributed by atoms with van der Waals surface area (Å²) in [5.74, 6) is 1.91. The third-order valence-electron chi connectivity index (χ3n) is 6.81. The number of thiazole rings is 1. The Hall–Kier alpha value is -5.14. The van der Waals surface area contributed by atoms with Crippen molar-refractivity contribution in [3.63, 3.8) is 0 Å². The summed E-state index contributed by atoms with van der Waals surface area (Å²) in [5, 5.41) is 12.1. The summed E-state index contributed by atoms with van der Waals surface area (Å²) in [5.41, 5.74) is 11.9. The molecule has 2 aromatic heterocycles. The lowest BCUT2D eigenvalue weighted by Gasteiger charge is -2.32. The maximum atomic E-state index is 13.2. The number of amides is 1. The van der Waals surface area contributed by atoms with Crippen molar-refractivity contribution in [2.45, 2.75) is 4.99 Å². The normalized spacial score (nSPS) is 15.7. The van der Waals surface area contributed by atoms with E-state index in [1.807, 2.05) is 72.1 Å². The van der Waals surface area contributed by atoms with Gasteiger partial charge in [0.2, 0.25) is 10.7 Å². The van der Waals surface area contributed by atoms with Crippen LogP contribution >= 0.6 is 23.1 Å². The molecule has 1 aliphatic rings. The van der Waals surface area contributed by atoms with Gasteiger partial charge in [-0.1, -0.05) is 54.2 Å². The lowest BCUT2D eigenvalue weighted by molar-refractivity contribution is 0.102. The highest BCUT2D eigenvalue weighted by atomic mass is 32.2. The number of carbonyl (C=O) groups excluding carboxylic acids is 1. The fourth-order valence-electron chi connectivity index (χ4n) is 4.80. The van der Waals surface area contributed by atoms with Crippen molar-refractivity contribution < 1.29 is 23.4 Å². The van der Waals surface area contributed by atoms with Crippen molar-refractivity contribution in [3.05, 3.63) is 100 Å². The number of carbonyl (C=O) groups is 1. The molecule has 0 bridgehead atoms. The van der Waals surface area contributed by atoms with E-state index in [2.05, 4.69) is 25.9 Å². The van der Waals surface area contributed by atoms with E-state index in [9.17, 15) is 4.79 Å². The minimum absolute atomic E-state index is 0.199. The molecule has 6 rings (SSSR count). The Labute approximate surface area is 261 Å². The van der Waals surface area contributed by atoms with Gasteiger partial charge in [0.1, 0.15) is 10.7 Å². The first-order valence-corrected chi connectivity index (χ1v) is 15.0. The number of nitrogens with one attached hydrogen (secondary N) is 3. The largest absolute Gasteiger partial charge is 0.493 e. The third-order valence-corrected chi connectivity index (χ3v) is 9.02. The standard InChI is InChI=1S/C31H28N6O5S2/c1-39-23-13-21(14-24(40-2)27(23)41-3)36-31(28-29(32)34-17-43-28)37-22(15-44-31)19-10-7-11-20(12-19)35-30(38)25-26(42-16-33-25)18-8-5-4-6-9-18/h4-17,36-37H,32H2,1-3H3,(H,35,38). The SMILES string of the molecule is COc1cc(NC2(c3scnc3N)NC(c3cccc(NC(=O)c4ncoc4-c4ccccc4)c3)=CS2)cc(OC)c1OC. The smallest absolute Gasteiger partial charge is 0.278 e. The second-order valence-corrected chi connectivity index (χ2v) is 11.4. The van der Waals surface area contributed by atoms with Crippen LogP contribution in [0.2, 0.25) is 0 Å². The molecule has 5 aromatic rings. The Morgan fingerprint density at radius 2 is 1.68 bits per heavy atom. The van der Waals surface area contributed by atoms with Crippen LogP contribution in [0.3, 0.4) is 0 Å². The maximum absolute atomic E-state index is 13.2. The maximum Gasteiger partial charge on any atom is 0.278 e. The van der Waals surface area contributed by atoms with Gasteiger partial charge in [-0.3, -0.25) is 4.79 Å². The van der Waals surface area contributed by atoms with Crippen molar-refractivity contribution >= 4 is 51.9 Å². The highest BCUT2D eigenvalue weighted by Gasteiger charge is 2.41. The van der Waals surface area contributed by atoms with Gasteiger partial charge in [-0.05, 0) is 17.5 Å². The number of benzene rings is 3. The van der Waals surface area contributed by atoms with Crippen LogP contribution in [-0.4, -0.2) is 37.2 Å². The van der Waals surface area contributed by atoms with Gasteiger partial charge in [-0.15, -0.1) is 11.3 Å². The summed E-state index contributed by atoms with van der Waals surface area (Å²) in [6.45, 7) is 0. The zero-order chi connectivity index (χ0) is 30.7. The number of thioether (sulfide) groups is 1. The molecule has 0 radical (unpaired) electrons. The number of nitrogen functional groups attached to an aromatic ring is 1. The monoisotopic (exact) mass is 628 g/mol. The molecular weight excluding hydrogens is 601 g/mol. The number of nitrogens with two attached hydrogens (primary N) is 1. The first kappa shape index (κ1) is 29.0. The summed E-state index contributed by atoms with van der Waals surface area (Å²) in [6.07, 6.45) is 1.27. The molecule has 1 unspecified atom stereocenters. The average molecular weight is 629 g/mol. The molecule has 5 N–H and O–H groups in total. The lowest BCUT2D eigenvalue weighted by Crippen LogP contribution is -2.42. The van der Waals surface area contributed by atoms with Gasteiger partial charge < -0.3 is 40.3 Å². The van der Waals surface area contributed by atoms with Crippen LogP contribution in [0.4, 0.5) is 17.2 Å². The van der Waals surface area contributed by atoms with Crippen molar-refractivity contribution in [2.24, 2.45) is 0 Å². The second-order valence-electron chi connectivity index (χ2n) is 9.49. The number of nitrogens with zero attached hydrogens (tertiary/aromatic N) is 2. The fourth-order valence-corrected chi connectivity index (χ4v) is 6.84. The van der Waals surface area contributed by atoms with E-state index < -0.39 is 4.99 Å². The molecule has 1 aliphatic heterocycles. The van der Waals surface area contributed by atoms with Crippen LogP contribution in [-0.2, 0) is 4.99 Å². The molecule has 13 heteroatoms. The topological polar surface area (TPSA) is 146 Å². The van der Waals surface area contributed by atoms with E-state index in [0.29, 0.717) is 40.2 Å². The van der Waals surface area contributed by atoms with Crippen molar-refractivity contribution in [2.75, 3.05) is 37.7 Å². The van der Waals surface area contributed by atoms with E-state index in [4.69, 9.17) is 24.4 Å². The number of rotatable bonds is 10. The Morgan fingerprint density at radius 3 is 2.36 bits per heavy atom. The summed E-state index contributed by atoms with van der Waals surface area (Å²) < 4.78 is 22.1. The molecule has 44 heavy (non-hydrogen) atoms. The molecule has 0 aliphatic carbocycles. The van der Waals surface area contributed by atoms with Crippen LogP contribution in [0.5, 0.6) is 17.2 Å². The fraction of sp³-hybridized carbons (Fsp3) is 0.129. The molecule has 1 amide bonds. The molecule has 224 valence electrons. The Morgan fingerprint density at radius 1 is 0.932 bits per heavy atom. The van der Waals surface area contributed by atoms with Crippen molar-refractivity contribution in [1.82, 2.24) is 15.3 Å². The molecular formula is C31H28N6O5S2. The molecule has 0 saturated heterocycles. The van der Waals surface area contributed by atoms with Gasteiger partial charge in [0.05, 0.1) is 32.5 Å². The summed E-state index contributed by atoms with van der Waals surface area (Å²) in [4.78, 5) is 21.6. The molecule has 0 fully saturated rings. The average Bonchev–Trinajstić information content (AvgIpc) is 3.82. The Balaban J connectivity index is 1.27. The minimum Gasteiger partial charge on any atom is -0.493 e. The number of ether oxygens (including phenoxy) is 3. The van der Waals surface area contributed by atoms with Gasteiger partial charge in [-0.2, -0.15) is 0 Å². The van der Waals surface area contributed by atoms with Crippen LogP contribution in [0.1, 0.15) is 20.9 Å². The van der Waals surface area contributed by atoms with Gasteiger partial charge in [-0.25, -0.2) is 9.97 Å². The molecule has 3 heterocycles. The minimum atomic E-state index is -0.907. The Bertz CT molecular complexity index is 1820. The number of oxazole rings is 1. The van der Waals surface area contributed by atoms with Crippen molar-refractivity contribution in [3.8, 4) is 28.6 Å². The van der Waals surface area contributed by atoms with Crippen molar-refractivity contribution in [1.29, 1.82) is 0 Å². The van der Waals surface area contributed by atoms with Gasteiger partial charge in [0.15, 0.2) is 29.3 Å². The zero-order valence-electron chi connectivity index (χ0n) is 23.9. The second kappa shape index (κ2) is 12.2. The van der Waals surface area contributed by atoms with Gasteiger partial charge in [0, 0.05) is 34.6 Å². The van der Waals surface area contributed by atoms with Crippen LogP contribution in [0, 0.1) is 0 Å². The first-order valence-electron chi connectivity index (χ1n) is 13.3. The van der Waals surface area contributed by atoms with Gasteiger partial charge >= 0.3 is 0 Å². The molecule has 0 spiro atoms. The number of aromatic nitrogens is 2. The quantitative estimate of drug-likeness (QED) is 0.140. The Kier molecular flexibility index (Phi) is 8.05. The third kappa shape index (κ3) is 5.50. The van der Waals surface area contributed by atoms with E-state index in [1.165, 1.54) is 29.5 Å². The highest BCUT2D eigenvalue weighted by Crippen LogP contribution is 2.49. The van der Waals surface area contributed by atoms with E-state index >= 15 is 0 Å². The lowest BCUT2D eigenvalue weighted by atomic mass is 10.1.